The molecule has 278 valence electrons. The summed E-state index contributed by atoms with van der Waals surface area (Å²) < 4.78 is 0. The fraction of sp³-hybridized carbons (Fsp3) is 0. The summed E-state index contributed by atoms with van der Waals surface area (Å²) in [7, 11) is 0. The number of anilines is 3. The maximum atomic E-state index is 2.39. The molecule has 0 aromatic heterocycles. The Morgan fingerprint density at radius 1 is 0.203 bits per heavy atom. The molecule has 0 saturated heterocycles. The molecule has 59 heavy (non-hydrogen) atoms. The Labute approximate surface area is 346 Å². The fourth-order valence-electron chi connectivity index (χ4n) is 8.35. The van der Waals surface area contributed by atoms with Crippen LogP contribution in [-0.4, -0.2) is 0 Å². The standard InChI is InChI=1S/C58H41N/c1-4-15-42(16-5-1)44-27-29-49(30-28-44)58-41-52(39-40-57(58)56-25-13-12-24-55(56)46-19-8-3-9-20-46)59(50-35-31-45(32-36-50)43-17-6-2-7-18-43)51-37-33-48(34-38-51)54-26-14-22-47-21-10-11-23-53(47)54/h1-41H. The Morgan fingerprint density at radius 3 is 1.20 bits per heavy atom. The minimum atomic E-state index is 1.08. The molecule has 0 bridgehead atoms. The Bertz CT molecular complexity index is 2980. The predicted molar refractivity (Wildman–Crippen MR) is 251 cm³/mol. The molecule has 0 aliphatic carbocycles. The van der Waals surface area contributed by atoms with Crippen molar-refractivity contribution in [3.05, 3.63) is 249 Å². The molecule has 0 saturated carbocycles. The monoisotopic (exact) mass is 751 g/mol. The van der Waals surface area contributed by atoms with E-state index in [2.05, 4.69) is 254 Å². The van der Waals surface area contributed by atoms with E-state index in [1.54, 1.807) is 0 Å². The number of rotatable bonds is 9. The summed E-state index contributed by atoms with van der Waals surface area (Å²) in [5.41, 5.74) is 17.6. The second kappa shape index (κ2) is 16.0. The Morgan fingerprint density at radius 2 is 0.576 bits per heavy atom. The normalized spacial score (nSPS) is 11.1. The zero-order valence-corrected chi connectivity index (χ0v) is 32.6. The van der Waals surface area contributed by atoms with Gasteiger partial charge in [-0.2, -0.15) is 0 Å². The topological polar surface area (TPSA) is 3.24 Å². The van der Waals surface area contributed by atoms with Crippen LogP contribution in [0.5, 0.6) is 0 Å². The maximum Gasteiger partial charge on any atom is 0.0468 e. The highest BCUT2D eigenvalue weighted by Crippen LogP contribution is 2.44. The van der Waals surface area contributed by atoms with E-state index >= 15 is 0 Å². The summed E-state index contributed by atoms with van der Waals surface area (Å²) >= 11 is 0. The van der Waals surface area contributed by atoms with Crippen LogP contribution in [0.4, 0.5) is 17.1 Å². The second-order valence-electron chi connectivity index (χ2n) is 14.9. The first-order chi connectivity index (χ1) is 29.3. The highest BCUT2D eigenvalue weighted by atomic mass is 15.1. The lowest BCUT2D eigenvalue weighted by atomic mass is 9.88. The van der Waals surface area contributed by atoms with Crippen LogP contribution in [0.2, 0.25) is 0 Å². The van der Waals surface area contributed by atoms with Crippen LogP contribution in [0.1, 0.15) is 0 Å². The molecule has 1 heteroatoms. The first-order valence-electron chi connectivity index (χ1n) is 20.3. The summed E-state index contributed by atoms with van der Waals surface area (Å²) in [6.45, 7) is 0. The lowest BCUT2D eigenvalue weighted by molar-refractivity contribution is 1.28. The Balaban J connectivity index is 1.14. The number of fused-ring (bicyclic) bond motifs is 1. The highest BCUT2D eigenvalue weighted by molar-refractivity contribution is 5.98. The molecular weight excluding hydrogens is 711 g/mol. The molecule has 0 fully saturated rings. The van der Waals surface area contributed by atoms with E-state index in [9.17, 15) is 0 Å². The number of hydrogen-bond acceptors (Lipinski definition) is 1. The van der Waals surface area contributed by atoms with Gasteiger partial charge in [-0.15, -0.1) is 0 Å². The van der Waals surface area contributed by atoms with Crippen LogP contribution >= 0.6 is 0 Å². The third-order valence-electron chi connectivity index (χ3n) is 11.3. The van der Waals surface area contributed by atoms with Crippen molar-refractivity contribution in [2.75, 3.05) is 4.90 Å². The smallest absolute Gasteiger partial charge is 0.0468 e. The van der Waals surface area contributed by atoms with Crippen LogP contribution in [-0.2, 0) is 0 Å². The van der Waals surface area contributed by atoms with E-state index in [1.807, 2.05) is 0 Å². The van der Waals surface area contributed by atoms with E-state index in [1.165, 1.54) is 72.0 Å². The van der Waals surface area contributed by atoms with Crippen LogP contribution in [0.3, 0.4) is 0 Å². The van der Waals surface area contributed by atoms with Crippen LogP contribution in [0, 0.1) is 0 Å². The second-order valence-corrected chi connectivity index (χ2v) is 14.9. The van der Waals surface area contributed by atoms with Crippen molar-refractivity contribution in [1.82, 2.24) is 0 Å². The number of benzene rings is 10. The molecule has 10 aromatic rings. The van der Waals surface area contributed by atoms with E-state index in [0.29, 0.717) is 0 Å². The molecule has 1 nitrogen and oxygen atoms in total. The van der Waals surface area contributed by atoms with Crippen molar-refractivity contribution >= 4 is 27.8 Å². The Hall–Kier alpha value is -7.74. The quantitative estimate of drug-likeness (QED) is 0.142. The van der Waals surface area contributed by atoms with Crippen LogP contribution < -0.4 is 4.90 Å². The number of hydrogen-bond donors (Lipinski definition) is 0. The molecule has 0 unspecified atom stereocenters. The third-order valence-corrected chi connectivity index (χ3v) is 11.3. The Kier molecular flexibility index (Phi) is 9.68. The van der Waals surface area contributed by atoms with Crippen molar-refractivity contribution < 1.29 is 0 Å². The average Bonchev–Trinajstić information content (AvgIpc) is 3.33. The zero-order chi connectivity index (χ0) is 39.4. The molecule has 0 amide bonds. The zero-order valence-electron chi connectivity index (χ0n) is 32.6. The first-order valence-corrected chi connectivity index (χ1v) is 20.3. The molecule has 0 aliphatic heterocycles. The summed E-state index contributed by atoms with van der Waals surface area (Å²) in [5.74, 6) is 0. The third kappa shape index (κ3) is 7.23. The molecule has 0 atom stereocenters. The van der Waals surface area contributed by atoms with E-state index < -0.39 is 0 Å². The lowest BCUT2D eigenvalue weighted by Gasteiger charge is -2.27. The number of nitrogens with zero attached hydrogens (tertiary/aromatic N) is 1. The summed E-state index contributed by atoms with van der Waals surface area (Å²) in [6, 6.07) is 89.8. The van der Waals surface area contributed by atoms with Gasteiger partial charge >= 0.3 is 0 Å². The van der Waals surface area contributed by atoms with Crippen molar-refractivity contribution in [3.8, 4) is 66.8 Å². The van der Waals surface area contributed by atoms with Gasteiger partial charge in [-0.05, 0) is 114 Å². The summed E-state index contributed by atoms with van der Waals surface area (Å²) in [6.07, 6.45) is 0. The summed E-state index contributed by atoms with van der Waals surface area (Å²) in [5, 5.41) is 2.50. The molecule has 0 spiro atoms. The molecular formula is C58H41N. The highest BCUT2D eigenvalue weighted by Gasteiger charge is 2.19. The minimum absolute atomic E-state index is 1.08. The van der Waals surface area contributed by atoms with Crippen LogP contribution in [0.15, 0.2) is 249 Å². The lowest BCUT2D eigenvalue weighted by Crippen LogP contribution is -2.10. The van der Waals surface area contributed by atoms with Gasteiger partial charge in [0.1, 0.15) is 0 Å². The van der Waals surface area contributed by atoms with E-state index in [4.69, 9.17) is 0 Å². The van der Waals surface area contributed by atoms with Gasteiger partial charge in [-0.1, -0.05) is 212 Å². The predicted octanol–water partition coefficient (Wildman–Crippen LogP) is 16.3. The molecule has 0 N–H and O–H groups in total. The molecule has 10 rings (SSSR count). The molecule has 10 aromatic carbocycles. The van der Waals surface area contributed by atoms with Gasteiger partial charge in [0, 0.05) is 17.1 Å². The first kappa shape index (κ1) is 35.7. The van der Waals surface area contributed by atoms with Gasteiger partial charge in [0.25, 0.3) is 0 Å². The van der Waals surface area contributed by atoms with E-state index in [-0.39, 0.29) is 0 Å². The van der Waals surface area contributed by atoms with Gasteiger partial charge in [-0.25, -0.2) is 0 Å². The molecule has 0 radical (unpaired) electrons. The van der Waals surface area contributed by atoms with Crippen molar-refractivity contribution in [2.45, 2.75) is 0 Å². The largest absolute Gasteiger partial charge is 0.310 e. The van der Waals surface area contributed by atoms with Gasteiger partial charge in [0.05, 0.1) is 0 Å². The van der Waals surface area contributed by atoms with Gasteiger partial charge < -0.3 is 4.90 Å². The van der Waals surface area contributed by atoms with Gasteiger partial charge in [0.2, 0.25) is 0 Å². The minimum Gasteiger partial charge on any atom is -0.310 e. The van der Waals surface area contributed by atoms with Crippen molar-refractivity contribution in [1.29, 1.82) is 0 Å². The SMILES string of the molecule is c1ccc(-c2ccc(-c3cc(N(c4ccc(-c5ccccc5)cc4)c4ccc(-c5cccc6ccccc56)cc4)ccc3-c3ccccc3-c3ccccc3)cc2)cc1. The van der Waals surface area contributed by atoms with Gasteiger partial charge in [-0.3, -0.25) is 0 Å². The average molecular weight is 752 g/mol. The molecule has 0 heterocycles. The van der Waals surface area contributed by atoms with Crippen molar-refractivity contribution in [2.24, 2.45) is 0 Å². The maximum absolute atomic E-state index is 2.39. The van der Waals surface area contributed by atoms with E-state index in [0.717, 1.165) is 22.6 Å². The fourth-order valence-corrected chi connectivity index (χ4v) is 8.35. The van der Waals surface area contributed by atoms with Crippen LogP contribution in [0.25, 0.3) is 77.5 Å². The van der Waals surface area contributed by atoms with Crippen molar-refractivity contribution in [3.63, 3.8) is 0 Å². The summed E-state index contributed by atoms with van der Waals surface area (Å²) in [4.78, 5) is 2.39. The molecule has 0 aliphatic rings. The van der Waals surface area contributed by atoms with Gasteiger partial charge in [0.15, 0.2) is 0 Å².